The lowest BCUT2D eigenvalue weighted by molar-refractivity contribution is 0.184. The van der Waals surface area contributed by atoms with Crippen molar-refractivity contribution in [1.82, 2.24) is 0 Å². The van der Waals surface area contributed by atoms with Crippen LogP contribution >= 0.6 is 0 Å². The third-order valence-electron chi connectivity index (χ3n) is 2.18. The van der Waals surface area contributed by atoms with E-state index in [-0.39, 0.29) is 5.84 Å². The van der Waals surface area contributed by atoms with E-state index >= 15 is 0 Å². The maximum absolute atomic E-state index is 7.40. The molecule has 16 heavy (non-hydrogen) atoms. The maximum Gasteiger partial charge on any atom is 0.130 e. The van der Waals surface area contributed by atoms with Gasteiger partial charge in [0.25, 0.3) is 0 Å². The van der Waals surface area contributed by atoms with Crippen molar-refractivity contribution in [2.45, 2.75) is 12.8 Å². The number of unbranched alkanes of at least 4 members (excludes halogenated alkanes) is 1. The van der Waals surface area contributed by atoms with Gasteiger partial charge in [-0.3, -0.25) is 5.41 Å². The van der Waals surface area contributed by atoms with Crippen LogP contribution in [0, 0.1) is 5.41 Å². The first-order valence-electron chi connectivity index (χ1n) is 5.31. The second kappa shape index (κ2) is 6.85. The van der Waals surface area contributed by atoms with Gasteiger partial charge in [-0.1, -0.05) is 12.1 Å². The van der Waals surface area contributed by atoms with Crippen LogP contribution in [0.4, 0.5) is 0 Å². The smallest absolute Gasteiger partial charge is 0.130 e. The molecule has 0 aromatic heterocycles. The number of hydrogen-bond acceptors (Lipinski definition) is 3. The van der Waals surface area contributed by atoms with Crippen molar-refractivity contribution in [3.63, 3.8) is 0 Å². The molecule has 1 aromatic rings. The molecule has 3 N–H and O–H groups in total. The van der Waals surface area contributed by atoms with Crippen molar-refractivity contribution >= 4 is 5.84 Å². The Hall–Kier alpha value is -1.55. The van der Waals surface area contributed by atoms with E-state index in [1.54, 1.807) is 13.2 Å². The quantitative estimate of drug-likeness (QED) is 0.420. The standard InChI is InChI=1S/C12H18N2O2/c1-15-8-4-5-9-16-11-7-3-2-6-10(11)12(13)14/h2-3,6-7H,4-5,8-9H2,1H3,(H3,13,14). The Morgan fingerprint density at radius 1 is 1.25 bits per heavy atom. The second-order valence-corrected chi connectivity index (χ2v) is 3.46. The second-order valence-electron chi connectivity index (χ2n) is 3.46. The van der Waals surface area contributed by atoms with Gasteiger partial charge in [0, 0.05) is 13.7 Å². The SMILES string of the molecule is COCCCCOc1ccccc1C(=N)N. The molecular formula is C12H18N2O2. The summed E-state index contributed by atoms with van der Waals surface area (Å²) in [6.45, 7) is 1.37. The fraction of sp³-hybridized carbons (Fsp3) is 0.417. The number of nitrogens with two attached hydrogens (primary N) is 1. The molecule has 0 saturated heterocycles. The van der Waals surface area contributed by atoms with E-state index in [0.29, 0.717) is 17.9 Å². The van der Waals surface area contributed by atoms with Crippen LogP contribution in [0.3, 0.4) is 0 Å². The molecule has 88 valence electrons. The van der Waals surface area contributed by atoms with Crippen molar-refractivity contribution in [2.24, 2.45) is 5.73 Å². The average molecular weight is 222 g/mol. The summed E-state index contributed by atoms with van der Waals surface area (Å²) in [7, 11) is 1.69. The van der Waals surface area contributed by atoms with Crippen molar-refractivity contribution in [3.8, 4) is 5.75 Å². The fourth-order valence-corrected chi connectivity index (χ4v) is 1.35. The number of benzene rings is 1. The third kappa shape index (κ3) is 3.90. The lowest BCUT2D eigenvalue weighted by atomic mass is 10.2. The van der Waals surface area contributed by atoms with Crippen molar-refractivity contribution in [2.75, 3.05) is 20.3 Å². The number of methoxy groups -OCH3 is 1. The van der Waals surface area contributed by atoms with Crippen LogP contribution < -0.4 is 10.5 Å². The summed E-state index contributed by atoms with van der Waals surface area (Å²) in [5.41, 5.74) is 6.10. The molecule has 4 heteroatoms. The lowest BCUT2D eigenvalue weighted by Gasteiger charge is -2.09. The number of nitrogen functional groups attached to an aromatic ring is 1. The van der Waals surface area contributed by atoms with Gasteiger partial charge in [0.1, 0.15) is 11.6 Å². The molecule has 1 aromatic carbocycles. The molecule has 0 atom stereocenters. The van der Waals surface area contributed by atoms with Crippen LogP contribution in [0.5, 0.6) is 5.75 Å². The molecule has 0 amide bonds. The van der Waals surface area contributed by atoms with E-state index in [1.807, 2.05) is 18.2 Å². The molecule has 0 aliphatic rings. The number of para-hydroxylation sites is 1. The van der Waals surface area contributed by atoms with Crippen LogP contribution in [-0.4, -0.2) is 26.2 Å². The average Bonchev–Trinajstić information content (AvgIpc) is 2.29. The highest BCUT2D eigenvalue weighted by atomic mass is 16.5. The summed E-state index contributed by atoms with van der Waals surface area (Å²) in [5.74, 6) is 0.708. The Morgan fingerprint density at radius 2 is 1.94 bits per heavy atom. The topological polar surface area (TPSA) is 68.3 Å². The number of rotatable bonds is 7. The number of ether oxygens (including phenoxy) is 2. The molecule has 0 radical (unpaired) electrons. The van der Waals surface area contributed by atoms with Gasteiger partial charge in [0.15, 0.2) is 0 Å². The Balaban J connectivity index is 2.44. The van der Waals surface area contributed by atoms with Crippen molar-refractivity contribution < 1.29 is 9.47 Å². The normalized spacial score (nSPS) is 10.1. The van der Waals surface area contributed by atoms with E-state index in [2.05, 4.69) is 0 Å². The third-order valence-corrected chi connectivity index (χ3v) is 2.18. The zero-order valence-corrected chi connectivity index (χ0v) is 9.53. The van der Waals surface area contributed by atoms with Gasteiger partial charge in [0.05, 0.1) is 12.2 Å². The van der Waals surface area contributed by atoms with Gasteiger partial charge in [-0.2, -0.15) is 0 Å². The van der Waals surface area contributed by atoms with Crippen LogP contribution in [0.1, 0.15) is 18.4 Å². The summed E-state index contributed by atoms with van der Waals surface area (Å²) >= 11 is 0. The van der Waals surface area contributed by atoms with E-state index < -0.39 is 0 Å². The predicted octanol–water partition coefficient (Wildman–Crippen LogP) is 1.78. The van der Waals surface area contributed by atoms with Gasteiger partial charge >= 0.3 is 0 Å². The number of nitrogens with one attached hydrogen (secondary N) is 1. The molecule has 0 bridgehead atoms. The minimum Gasteiger partial charge on any atom is -0.493 e. The zero-order chi connectivity index (χ0) is 11.8. The van der Waals surface area contributed by atoms with E-state index in [0.717, 1.165) is 19.4 Å². The molecule has 1 rings (SSSR count). The van der Waals surface area contributed by atoms with Gasteiger partial charge in [-0.15, -0.1) is 0 Å². The van der Waals surface area contributed by atoms with E-state index in [4.69, 9.17) is 20.6 Å². The highest BCUT2D eigenvalue weighted by Crippen LogP contribution is 2.17. The van der Waals surface area contributed by atoms with Crippen molar-refractivity contribution in [3.05, 3.63) is 29.8 Å². The van der Waals surface area contributed by atoms with Gasteiger partial charge in [-0.25, -0.2) is 0 Å². The lowest BCUT2D eigenvalue weighted by Crippen LogP contribution is -2.13. The summed E-state index contributed by atoms with van der Waals surface area (Å²) in [5, 5.41) is 7.40. The molecule has 0 saturated carbocycles. The molecule has 0 heterocycles. The first-order chi connectivity index (χ1) is 7.75. The van der Waals surface area contributed by atoms with Crippen LogP contribution in [0.25, 0.3) is 0 Å². The number of amidine groups is 1. The summed E-state index contributed by atoms with van der Waals surface area (Å²) in [6, 6.07) is 7.32. The van der Waals surface area contributed by atoms with Gasteiger partial charge < -0.3 is 15.2 Å². The molecule has 0 aliphatic heterocycles. The molecule has 0 aliphatic carbocycles. The summed E-state index contributed by atoms with van der Waals surface area (Å²) in [4.78, 5) is 0. The Labute approximate surface area is 95.9 Å². The summed E-state index contributed by atoms with van der Waals surface area (Å²) < 4.78 is 10.5. The minimum absolute atomic E-state index is 0.0347. The Morgan fingerprint density at radius 3 is 2.62 bits per heavy atom. The molecule has 0 unspecified atom stereocenters. The Bertz CT molecular complexity index is 340. The number of hydrogen-bond donors (Lipinski definition) is 2. The van der Waals surface area contributed by atoms with Crippen LogP contribution in [-0.2, 0) is 4.74 Å². The van der Waals surface area contributed by atoms with Crippen LogP contribution in [0.2, 0.25) is 0 Å². The van der Waals surface area contributed by atoms with E-state index in [9.17, 15) is 0 Å². The maximum atomic E-state index is 7.40. The highest BCUT2D eigenvalue weighted by molar-refractivity contribution is 5.97. The Kier molecular flexibility index (Phi) is 5.36. The molecule has 0 spiro atoms. The largest absolute Gasteiger partial charge is 0.493 e. The van der Waals surface area contributed by atoms with E-state index in [1.165, 1.54) is 0 Å². The monoisotopic (exact) mass is 222 g/mol. The minimum atomic E-state index is 0.0347. The molecule has 4 nitrogen and oxygen atoms in total. The first-order valence-corrected chi connectivity index (χ1v) is 5.31. The molecular weight excluding hydrogens is 204 g/mol. The predicted molar refractivity (Wildman–Crippen MR) is 64.1 cm³/mol. The first kappa shape index (κ1) is 12.5. The van der Waals surface area contributed by atoms with Gasteiger partial charge in [-0.05, 0) is 25.0 Å². The molecule has 0 fully saturated rings. The van der Waals surface area contributed by atoms with Crippen molar-refractivity contribution in [1.29, 1.82) is 5.41 Å². The summed E-state index contributed by atoms with van der Waals surface area (Å²) in [6.07, 6.45) is 1.90. The zero-order valence-electron chi connectivity index (χ0n) is 9.53. The van der Waals surface area contributed by atoms with Crippen LogP contribution in [0.15, 0.2) is 24.3 Å². The highest BCUT2D eigenvalue weighted by Gasteiger charge is 2.04. The van der Waals surface area contributed by atoms with Gasteiger partial charge in [0.2, 0.25) is 0 Å². The fourth-order valence-electron chi connectivity index (χ4n) is 1.35.